The summed E-state index contributed by atoms with van der Waals surface area (Å²) in [6, 6.07) is 6.92. The summed E-state index contributed by atoms with van der Waals surface area (Å²) in [5.74, 6) is 0.692. The summed E-state index contributed by atoms with van der Waals surface area (Å²) in [5.41, 5.74) is 0.943. The summed E-state index contributed by atoms with van der Waals surface area (Å²) in [6.45, 7) is 3.38. The van der Waals surface area contributed by atoms with Crippen LogP contribution in [0.15, 0.2) is 29.2 Å². The molecule has 1 saturated carbocycles. The summed E-state index contributed by atoms with van der Waals surface area (Å²) >= 11 is 0. The van der Waals surface area contributed by atoms with Crippen molar-refractivity contribution in [3.8, 4) is 0 Å². The Labute approximate surface area is 128 Å². The van der Waals surface area contributed by atoms with Crippen LogP contribution in [0.3, 0.4) is 0 Å². The first kappa shape index (κ1) is 16.3. The summed E-state index contributed by atoms with van der Waals surface area (Å²) in [4.78, 5) is 0.341. The summed E-state index contributed by atoms with van der Waals surface area (Å²) in [6.07, 6.45) is 7.37. The van der Waals surface area contributed by atoms with E-state index >= 15 is 0 Å². The van der Waals surface area contributed by atoms with Crippen molar-refractivity contribution in [1.29, 1.82) is 0 Å². The maximum atomic E-state index is 12.2. The maximum Gasteiger partial charge on any atom is 0.240 e. The van der Waals surface area contributed by atoms with Gasteiger partial charge in [0.1, 0.15) is 0 Å². The fourth-order valence-corrected chi connectivity index (χ4v) is 3.96. The Balaban J connectivity index is 1.85. The van der Waals surface area contributed by atoms with Gasteiger partial charge in [0.05, 0.1) is 4.90 Å². The van der Waals surface area contributed by atoms with Gasteiger partial charge in [0, 0.05) is 18.8 Å². The van der Waals surface area contributed by atoms with Crippen LogP contribution in [0.2, 0.25) is 0 Å². The van der Waals surface area contributed by atoms with Gasteiger partial charge in [-0.15, -0.1) is 0 Å². The first-order chi connectivity index (χ1) is 10.1. The zero-order valence-electron chi connectivity index (χ0n) is 12.8. The second-order valence-corrected chi connectivity index (χ2v) is 7.51. The molecule has 5 heteroatoms. The molecule has 0 bridgehead atoms. The van der Waals surface area contributed by atoms with E-state index in [1.807, 2.05) is 6.92 Å². The number of nitrogens with one attached hydrogen (secondary N) is 2. The largest absolute Gasteiger partial charge is 0.385 e. The van der Waals surface area contributed by atoms with E-state index in [1.54, 1.807) is 24.3 Å². The lowest BCUT2D eigenvalue weighted by Crippen LogP contribution is -2.26. The predicted molar refractivity (Wildman–Crippen MR) is 87.0 cm³/mol. The van der Waals surface area contributed by atoms with Crippen molar-refractivity contribution in [3.05, 3.63) is 24.3 Å². The van der Waals surface area contributed by atoms with Gasteiger partial charge < -0.3 is 5.32 Å². The summed E-state index contributed by atoms with van der Waals surface area (Å²) in [5, 5.41) is 3.16. The first-order valence-electron chi connectivity index (χ1n) is 7.95. The Bertz CT molecular complexity index is 520. The van der Waals surface area contributed by atoms with E-state index in [9.17, 15) is 8.42 Å². The second kappa shape index (κ2) is 7.80. The molecular formula is C16H26N2O2S. The van der Waals surface area contributed by atoms with Crippen LogP contribution in [-0.4, -0.2) is 21.5 Å². The monoisotopic (exact) mass is 310 g/mol. The van der Waals surface area contributed by atoms with Crippen molar-refractivity contribution < 1.29 is 8.42 Å². The van der Waals surface area contributed by atoms with Crippen LogP contribution < -0.4 is 10.0 Å². The zero-order valence-corrected chi connectivity index (χ0v) is 13.6. The van der Waals surface area contributed by atoms with Gasteiger partial charge in [0.15, 0.2) is 0 Å². The molecular weight excluding hydrogens is 284 g/mol. The molecule has 0 atom stereocenters. The molecule has 0 saturated heterocycles. The van der Waals surface area contributed by atoms with Crippen molar-refractivity contribution in [3.63, 3.8) is 0 Å². The van der Waals surface area contributed by atoms with Gasteiger partial charge in [-0.05, 0) is 43.5 Å². The van der Waals surface area contributed by atoms with Gasteiger partial charge >= 0.3 is 0 Å². The smallest absolute Gasteiger partial charge is 0.240 e. The molecule has 0 amide bonds. The average molecular weight is 310 g/mol. The zero-order chi connectivity index (χ0) is 15.1. The normalized spacial score (nSPS) is 16.8. The van der Waals surface area contributed by atoms with E-state index in [0.717, 1.165) is 18.7 Å². The molecule has 1 aromatic carbocycles. The minimum atomic E-state index is -3.37. The molecule has 1 aromatic rings. The lowest BCUT2D eigenvalue weighted by molar-refractivity contribution is 0.339. The minimum Gasteiger partial charge on any atom is -0.385 e. The van der Waals surface area contributed by atoms with Crippen LogP contribution >= 0.6 is 0 Å². The highest BCUT2D eigenvalue weighted by Crippen LogP contribution is 2.26. The van der Waals surface area contributed by atoms with Crippen LogP contribution in [0.4, 0.5) is 5.69 Å². The van der Waals surface area contributed by atoms with Gasteiger partial charge in [-0.1, -0.05) is 32.1 Å². The molecule has 118 valence electrons. The van der Waals surface area contributed by atoms with E-state index < -0.39 is 10.0 Å². The van der Waals surface area contributed by atoms with Crippen LogP contribution in [0, 0.1) is 5.92 Å². The van der Waals surface area contributed by atoms with Crippen LogP contribution in [0.1, 0.15) is 45.4 Å². The summed E-state index contributed by atoms with van der Waals surface area (Å²) in [7, 11) is -3.37. The molecule has 2 rings (SSSR count). The number of rotatable bonds is 7. The van der Waals surface area contributed by atoms with E-state index in [0.29, 0.717) is 17.4 Å². The molecule has 21 heavy (non-hydrogen) atoms. The first-order valence-corrected chi connectivity index (χ1v) is 9.44. The van der Waals surface area contributed by atoms with Crippen LogP contribution in [0.25, 0.3) is 0 Å². The van der Waals surface area contributed by atoms with Crippen molar-refractivity contribution in [2.45, 2.75) is 50.3 Å². The molecule has 0 aliphatic heterocycles. The maximum absolute atomic E-state index is 12.2. The standard InChI is InChI=1S/C16H26N2O2S/c1-2-17-15-8-10-16(11-9-15)21(19,20)18-13-12-14-6-4-3-5-7-14/h8-11,14,17-18H,2-7,12-13H2,1H3. The molecule has 0 spiro atoms. The number of hydrogen-bond acceptors (Lipinski definition) is 3. The Hall–Kier alpha value is -1.07. The van der Waals surface area contributed by atoms with Crippen molar-refractivity contribution >= 4 is 15.7 Å². The Morgan fingerprint density at radius 2 is 1.76 bits per heavy atom. The summed E-state index contributed by atoms with van der Waals surface area (Å²) < 4.78 is 27.1. The fraction of sp³-hybridized carbons (Fsp3) is 0.625. The number of sulfonamides is 1. The lowest BCUT2D eigenvalue weighted by atomic mass is 9.87. The third-order valence-electron chi connectivity index (χ3n) is 4.11. The van der Waals surface area contributed by atoms with E-state index in [4.69, 9.17) is 0 Å². The molecule has 0 aromatic heterocycles. The van der Waals surface area contributed by atoms with Gasteiger partial charge in [-0.3, -0.25) is 0 Å². The SMILES string of the molecule is CCNc1ccc(S(=O)(=O)NCCC2CCCCC2)cc1. The van der Waals surface area contributed by atoms with Gasteiger partial charge in [0.2, 0.25) is 10.0 Å². The minimum absolute atomic E-state index is 0.341. The number of benzene rings is 1. The van der Waals surface area contributed by atoms with E-state index in [-0.39, 0.29) is 0 Å². The third kappa shape index (κ3) is 5.00. The molecule has 1 aliphatic rings. The molecule has 1 aliphatic carbocycles. The number of anilines is 1. The highest BCUT2D eigenvalue weighted by molar-refractivity contribution is 7.89. The van der Waals surface area contributed by atoms with Crippen LogP contribution in [-0.2, 0) is 10.0 Å². The molecule has 0 heterocycles. The molecule has 2 N–H and O–H groups in total. The van der Waals surface area contributed by atoms with Crippen molar-refractivity contribution in [1.82, 2.24) is 4.72 Å². The quantitative estimate of drug-likeness (QED) is 0.812. The fourth-order valence-electron chi connectivity index (χ4n) is 2.91. The van der Waals surface area contributed by atoms with E-state index in [2.05, 4.69) is 10.0 Å². The van der Waals surface area contributed by atoms with E-state index in [1.165, 1.54) is 32.1 Å². The van der Waals surface area contributed by atoms with Crippen molar-refractivity contribution in [2.24, 2.45) is 5.92 Å². The Kier molecular flexibility index (Phi) is 6.06. The molecule has 0 radical (unpaired) electrons. The molecule has 1 fully saturated rings. The van der Waals surface area contributed by atoms with Crippen LogP contribution in [0.5, 0.6) is 0 Å². The highest BCUT2D eigenvalue weighted by atomic mass is 32.2. The molecule has 0 unspecified atom stereocenters. The topological polar surface area (TPSA) is 58.2 Å². The third-order valence-corrected chi connectivity index (χ3v) is 5.59. The molecule has 4 nitrogen and oxygen atoms in total. The van der Waals surface area contributed by atoms with Gasteiger partial charge in [-0.2, -0.15) is 0 Å². The second-order valence-electron chi connectivity index (χ2n) is 5.75. The van der Waals surface area contributed by atoms with Crippen molar-refractivity contribution in [2.75, 3.05) is 18.4 Å². The van der Waals surface area contributed by atoms with Gasteiger partial charge in [-0.25, -0.2) is 13.1 Å². The highest BCUT2D eigenvalue weighted by Gasteiger charge is 2.16. The lowest BCUT2D eigenvalue weighted by Gasteiger charge is -2.21. The number of hydrogen-bond donors (Lipinski definition) is 2. The Morgan fingerprint density at radius 1 is 1.10 bits per heavy atom. The Morgan fingerprint density at radius 3 is 2.38 bits per heavy atom. The van der Waals surface area contributed by atoms with Gasteiger partial charge in [0.25, 0.3) is 0 Å². The predicted octanol–water partition coefficient (Wildman–Crippen LogP) is 3.37. The average Bonchev–Trinajstić information content (AvgIpc) is 2.49.